The SMILES string of the molecule is Cc1ccc2c(c1)[C@H](N)CC(c1ccsc1)O2. The van der Waals surface area contributed by atoms with E-state index in [0.29, 0.717) is 0 Å². The molecule has 88 valence electrons. The summed E-state index contributed by atoms with van der Waals surface area (Å²) in [4.78, 5) is 0. The molecule has 2 atom stereocenters. The third kappa shape index (κ3) is 1.96. The Morgan fingerprint density at radius 1 is 1.35 bits per heavy atom. The Labute approximate surface area is 105 Å². The monoisotopic (exact) mass is 245 g/mol. The molecular weight excluding hydrogens is 230 g/mol. The van der Waals surface area contributed by atoms with Crippen molar-refractivity contribution in [2.75, 3.05) is 0 Å². The van der Waals surface area contributed by atoms with E-state index in [1.807, 2.05) is 6.07 Å². The van der Waals surface area contributed by atoms with E-state index in [0.717, 1.165) is 17.7 Å². The second kappa shape index (κ2) is 4.17. The standard InChI is InChI=1S/C14H15NOS/c1-9-2-3-13-11(6-9)12(15)7-14(16-13)10-4-5-17-8-10/h2-6,8,12,14H,7,15H2,1H3/t12-,14?/m1/s1. The lowest BCUT2D eigenvalue weighted by atomic mass is 9.94. The van der Waals surface area contributed by atoms with Crippen molar-refractivity contribution in [2.45, 2.75) is 25.5 Å². The average molecular weight is 245 g/mol. The van der Waals surface area contributed by atoms with Crippen molar-refractivity contribution in [3.05, 3.63) is 51.7 Å². The maximum absolute atomic E-state index is 6.24. The summed E-state index contributed by atoms with van der Waals surface area (Å²) in [5.74, 6) is 0.936. The highest BCUT2D eigenvalue weighted by Crippen LogP contribution is 2.40. The van der Waals surface area contributed by atoms with E-state index in [2.05, 4.69) is 35.9 Å². The minimum Gasteiger partial charge on any atom is -0.485 e. The van der Waals surface area contributed by atoms with Crippen LogP contribution >= 0.6 is 11.3 Å². The van der Waals surface area contributed by atoms with Gasteiger partial charge in [-0.2, -0.15) is 11.3 Å². The van der Waals surface area contributed by atoms with Crippen LogP contribution in [-0.2, 0) is 0 Å². The highest BCUT2D eigenvalue weighted by molar-refractivity contribution is 7.07. The first-order chi connectivity index (χ1) is 8.24. The minimum atomic E-state index is 0.0727. The van der Waals surface area contributed by atoms with Gasteiger partial charge in [0.1, 0.15) is 11.9 Å². The van der Waals surface area contributed by atoms with Crippen molar-refractivity contribution in [1.29, 1.82) is 0 Å². The number of fused-ring (bicyclic) bond motifs is 1. The molecule has 2 heterocycles. The quantitative estimate of drug-likeness (QED) is 0.833. The van der Waals surface area contributed by atoms with Gasteiger partial charge in [0.2, 0.25) is 0 Å². The lowest BCUT2D eigenvalue weighted by molar-refractivity contribution is 0.162. The number of hydrogen-bond donors (Lipinski definition) is 1. The molecule has 0 spiro atoms. The van der Waals surface area contributed by atoms with E-state index in [1.54, 1.807) is 11.3 Å². The molecule has 1 aromatic carbocycles. The van der Waals surface area contributed by atoms with Crippen LogP contribution in [0.25, 0.3) is 0 Å². The first kappa shape index (κ1) is 10.8. The molecule has 3 heteroatoms. The van der Waals surface area contributed by atoms with Crippen LogP contribution in [0.5, 0.6) is 5.75 Å². The molecule has 1 aliphatic heterocycles. The summed E-state index contributed by atoms with van der Waals surface area (Å²) in [6.07, 6.45) is 0.958. The normalized spacial score (nSPS) is 22.9. The molecule has 0 saturated carbocycles. The van der Waals surface area contributed by atoms with E-state index in [-0.39, 0.29) is 12.1 Å². The minimum absolute atomic E-state index is 0.0727. The van der Waals surface area contributed by atoms with E-state index in [1.165, 1.54) is 11.1 Å². The average Bonchev–Trinajstić information content (AvgIpc) is 2.83. The molecule has 0 radical (unpaired) electrons. The second-order valence-corrected chi connectivity index (χ2v) is 5.33. The van der Waals surface area contributed by atoms with Crippen molar-refractivity contribution in [2.24, 2.45) is 5.73 Å². The third-order valence-corrected chi connectivity index (χ3v) is 3.92. The number of ether oxygens (including phenoxy) is 1. The van der Waals surface area contributed by atoms with Crippen molar-refractivity contribution in [3.63, 3.8) is 0 Å². The number of rotatable bonds is 1. The maximum Gasteiger partial charge on any atom is 0.126 e. The first-order valence-electron chi connectivity index (χ1n) is 5.79. The predicted molar refractivity (Wildman–Crippen MR) is 70.4 cm³/mol. The maximum atomic E-state index is 6.24. The van der Waals surface area contributed by atoms with Gasteiger partial charge in [0, 0.05) is 23.6 Å². The van der Waals surface area contributed by atoms with Crippen LogP contribution < -0.4 is 10.5 Å². The van der Waals surface area contributed by atoms with Crippen LogP contribution in [0.3, 0.4) is 0 Å². The van der Waals surface area contributed by atoms with Gasteiger partial charge in [-0.15, -0.1) is 0 Å². The van der Waals surface area contributed by atoms with E-state index < -0.39 is 0 Å². The largest absolute Gasteiger partial charge is 0.485 e. The Morgan fingerprint density at radius 3 is 3.00 bits per heavy atom. The van der Waals surface area contributed by atoms with E-state index in [9.17, 15) is 0 Å². The zero-order valence-electron chi connectivity index (χ0n) is 9.72. The van der Waals surface area contributed by atoms with Gasteiger partial charge in [-0.05, 0) is 29.8 Å². The van der Waals surface area contributed by atoms with Gasteiger partial charge in [-0.3, -0.25) is 0 Å². The Bertz CT molecular complexity index is 521. The zero-order valence-corrected chi connectivity index (χ0v) is 10.5. The molecule has 1 unspecified atom stereocenters. The van der Waals surface area contributed by atoms with Crippen LogP contribution in [0.2, 0.25) is 0 Å². The molecule has 0 saturated heterocycles. The second-order valence-electron chi connectivity index (χ2n) is 4.55. The Balaban J connectivity index is 1.96. The predicted octanol–water partition coefficient (Wildman–Crippen LogP) is 3.58. The smallest absolute Gasteiger partial charge is 0.126 e. The molecule has 3 rings (SSSR count). The topological polar surface area (TPSA) is 35.2 Å². The van der Waals surface area contributed by atoms with Gasteiger partial charge in [0.25, 0.3) is 0 Å². The molecule has 0 aliphatic carbocycles. The molecule has 2 aromatic rings. The summed E-state index contributed by atoms with van der Waals surface area (Å²) in [7, 11) is 0. The number of hydrogen-bond acceptors (Lipinski definition) is 3. The molecule has 1 aromatic heterocycles. The van der Waals surface area contributed by atoms with Crippen molar-refractivity contribution in [3.8, 4) is 5.75 Å². The van der Waals surface area contributed by atoms with Gasteiger partial charge in [0.05, 0.1) is 0 Å². The van der Waals surface area contributed by atoms with Crippen molar-refractivity contribution < 1.29 is 4.74 Å². The fourth-order valence-corrected chi connectivity index (χ4v) is 2.99. The van der Waals surface area contributed by atoms with Crippen LogP contribution in [0.1, 0.15) is 35.3 Å². The van der Waals surface area contributed by atoms with Crippen LogP contribution in [0.4, 0.5) is 0 Å². The number of aryl methyl sites for hydroxylation is 1. The molecule has 0 fully saturated rings. The highest BCUT2D eigenvalue weighted by atomic mass is 32.1. The molecule has 1 aliphatic rings. The van der Waals surface area contributed by atoms with E-state index in [4.69, 9.17) is 10.5 Å². The molecule has 17 heavy (non-hydrogen) atoms. The van der Waals surface area contributed by atoms with Gasteiger partial charge < -0.3 is 10.5 Å². The highest BCUT2D eigenvalue weighted by Gasteiger charge is 2.27. The first-order valence-corrected chi connectivity index (χ1v) is 6.73. The number of benzene rings is 1. The van der Waals surface area contributed by atoms with Crippen LogP contribution in [-0.4, -0.2) is 0 Å². The molecule has 0 amide bonds. The third-order valence-electron chi connectivity index (χ3n) is 3.22. The molecular formula is C14H15NOS. The van der Waals surface area contributed by atoms with Gasteiger partial charge >= 0.3 is 0 Å². The Morgan fingerprint density at radius 2 is 2.24 bits per heavy atom. The Kier molecular flexibility index (Phi) is 2.65. The van der Waals surface area contributed by atoms with Crippen LogP contribution in [0, 0.1) is 6.92 Å². The summed E-state index contributed by atoms with van der Waals surface area (Å²) in [5.41, 5.74) is 9.84. The van der Waals surface area contributed by atoms with Gasteiger partial charge in [0.15, 0.2) is 0 Å². The molecule has 2 N–H and O–H groups in total. The van der Waals surface area contributed by atoms with E-state index >= 15 is 0 Å². The Hall–Kier alpha value is -1.32. The number of thiophene rings is 1. The lowest BCUT2D eigenvalue weighted by Gasteiger charge is -2.30. The molecule has 0 bridgehead atoms. The van der Waals surface area contributed by atoms with Crippen molar-refractivity contribution >= 4 is 11.3 Å². The summed E-state index contributed by atoms with van der Waals surface area (Å²) < 4.78 is 6.03. The lowest BCUT2D eigenvalue weighted by Crippen LogP contribution is -2.23. The summed E-state index contributed by atoms with van der Waals surface area (Å²) in [6.45, 7) is 2.08. The van der Waals surface area contributed by atoms with Crippen molar-refractivity contribution in [1.82, 2.24) is 0 Å². The zero-order chi connectivity index (χ0) is 11.8. The molecule has 2 nitrogen and oxygen atoms in total. The summed E-state index contributed by atoms with van der Waals surface area (Å²) >= 11 is 1.70. The fraction of sp³-hybridized carbons (Fsp3) is 0.286. The summed E-state index contributed by atoms with van der Waals surface area (Å²) in [5, 5.41) is 4.21. The number of nitrogens with two attached hydrogens (primary N) is 1. The van der Waals surface area contributed by atoms with Gasteiger partial charge in [-0.1, -0.05) is 17.7 Å². The van der Waals surface area contributed by atoms with Gasteiger partial charge in [-0.25, -0.2) is 0 Å². The fourth-order valence-electron chi connectivity index (χ4n) is 2.29. The summed E-state index contributed by atoms with van der Waals surface area (Å²) in [6, 6.07) is 8.42. The van der Waals surface area contributed by atoms with Crippen LogP contribution in [0.15, 0.2) is 35.0 Å².